The lowest BCUT2D eigenvalue weighted by atomic mass is 10.3. The first-order valence-electron chi connectivity index (χ1n) is 6.20. The third kappa shape index (κ3) is 3.57. The molecule has 118 valence electrons. The van der Waals surface area contributed by atoms with E-state index in [1.165, 1.54) is 24.0 Å². The lowest BCUT2D eigenvalue weighted by molar-refractivity contribution is 0.403. The molecule has 7 nitrogen and oxygen atoms in total. The van der Waals surface area contributed by atoms with Crippen LogP contribution in [-0.4, -0.2) is 55.8 Å². The lowest BCUT2D eigenvalue weighted by Gasteiger charge is -2.32. The molecule has 0 aromatic carbocycles. The second-order valence-electron chi connectivity index (χ2n) is 4.68. The Hall–Kier alpha value is -0.680. The molecule has 1 aliphatic rings. The minimum atomic E-state index is -3.93. The molecule has 2 N–H and O–H groups in total. The van der Waals surface area contributed by atoms with Gasteiger partial charge in [0.05, 0.1) is 0 Å². The molecule has 2 rings (SSSR count). The van der Waals surface area contributed by atoms with Crippen LogP contribution in [0.25, 0.3) is 0 Å². The zero-order valence-electron chi connectivity index (χ0n) is 11.5. The zero-order chi connectivity index (χ0) is 15.7. The summed E-state index contributed by atoms with van der Waals surface area (Å²) in [6.45, 7) is 0.421. The molecule has 1 saturated heterocycles. The minimum absolute atomic E-state index is 0.153. The highest BCUT2D eigenvalue weighted by Gasteiger charge is 2.39. The van der Waals surface area contributed by atoms with Crippen molar-refractivity contribution in [2.75, 3.05) is 24.3 Å². The first-order chi connectivity index (χ1) is 9.76. The van der Waals surface area contributed by atoms with Crippen LogP contribution in [0.1, 0.15) is 5.56 Å². The van der Waals surface area contributed by atoms with Crippen LogP contribution in [0.3, 0.4) is 0 Å². The molecule has 2 heterocycles. The Bertz CT molecular complexity index is 701. The maximum atomic E-state index is 12.6. The number of nitrogens with zero attached hydrogens (tertiary/aromatic N) is 2. The molecule has 0 saturated carbocycles. The van der Waals surface area contributed by atoms with Gasteiger partial charge in [-0.15, -0.1) is 0 Å². The van der Waals surface area contributed by atoms with Gasteiger partial charge in [0.1, 0.15) is 5.37 Å². The highest BCUT2D eigenvalue weighted by Crippen LogP contribution is 2.26. The lowest BCUT2D eigenvalue weighted by Crippen LogP contribution is -2.49. The summed E-state index contributed by atoms with van der Waals surface area (Å²) < 4.78 is 49.9. The molecule has 0 spiro atoms. The number of hydrogen-bond donors (Lipinski definition) is 1. The van der Waals surface area contributed by atoms with Crippen LogP contribution in [-0.2, 0) is 26.4 Å². The molecule has 0 bridgehead atoms. The molecular formula is C11H17N3O4S3. The van der Waals surface area contributed by atoms with E-state index in [1.54, 1.807) is 6.07 Å². The van der Waals surface area contributed by atoms with E-state index in [0.717, 1.165) is 10.6 Å². The summed E-state index contributed by atoms with van der Waals surface area (Å²) in [5.74, 6) is 0.797. The molecule has 0 aliphatic carbocycles. The fourth-order valence-corrected chi connectivity index (χ4v) is 7.07. The van der Waals surface area contributed by atoms with Crippen molar-refractivity contribution >= 4 is 31.6 Å². The van der Waals surface area contributed by atoms with Gasteiger partial charge in [-0.05, 0) is 11.6 Å². The van der Waals surface area contributed by atoms with Gasteiger partial charge in [-0.25, -0.2) is 21.8 Å². The van der Waals surface area contributed by atoms with Crippen molar-refractivity contribution in [3.8, 4) is 0 Å². The summed E-state index contributed by atoms with van der Waals surface area (Å²) >= 11 is 1.43. The van der Waals surface area contributed by atoms with Crippen molar-refractivity contribution in [1.82, 2.24) is 9.29 Å². The number of aromatic nitrogens is 1. The number of hydrogen-bond acceptors (Lipinski definition) is 7. The average molecular weight is 351 g/mol. The van der Waals surface area contributed by atoms with Gasteiger partial charge in [0.15, 0.2) is 14.9 Å². The van der Waals surface area contributed by atoms with E-state index in [2.05, 4.69) is 4.98 Å². The van der Waals surface area contributed by atoms with Crippen molar-refractivity contribution in [1.29, 1.82) is 0 Å². The van der Waals surface area contributed by atoms with Gasteiger partial charge in [-0.3, -0.25) is 0 Å². The fraction of sp³-hybridized carbons (Fsp3) is 0.545. The van der Waals surface area contributed by atoms with Crippen molar-refractivity contribution in [2.24, 2.45) is 5.73 Å². The number of rotatable bonds is 4. The van der Waals surface area contributed by atoms with Gasteiger partial charge >= 0.3 is 0 Å². The molecule has 1 unspecified atom stereocenters. The molecule has 1 fully saturated rings. The van der Waals surface area contributed by atoms with Gasteiger partial charge in [0.25, 0.3) is 10.0 Å². The Kier molecular flexibility index (Phi) is 4.93. The van der Waals surface area contributed by atoms with Crippen molar-refractivity contribution < 1.29 is 16.8 Å². The smallest absolute Gasteiger partial charge is 0.261 e. The van der Waals surface area contributed by atoms with Crippen molar-refractivity contribution in [3.63, 3.8) is 0 Å². The monoisotopic (exact) mass is 351 g/mol. The third-order valence-corrected chi connectivity index (χ3v) is 7.74. The molecule has 10 heteroatoms. The average Bonchev–Trinajstić information content (AvgIpc) is 2.46. The van der Waals surface area contributed by atoms with Crippen LogP contribution in [0.2, 0.25) is 0 Å². The fourth-order valence-electron chi connectivity index (χ4n) is 1.98. The summed E-state index contributed by atoms with van der Waals surface area (Å²) in [6.07, 6.45) is 2.44. The van der Waals surface area contributed by atoms with Gasteiger partial charge in [0.2, 0.25) is 0 Å². The Morgan fingerprint density at radius 2 is 2.10 bits per heavy atom. The van der Waals surface area contributed by atoms with E-state index in [-0.39, 0.29) is 23.9 Å². The number of sulfone groups is 1. The quantitative estimate of drug-likeness (QED) is 0.789. The topological polar surface area (TPSA) is 110 Å². The Morgan fingerprint density at radius 3 is 2.62 bits per heavy atom. The van der Waals surface area contributed by atoms with Crippen LogP contribution in [0.5, 0.6) is 0 Å². The summed E-state index contributed by atoms with van der Waals surface area (Å²) in [5, 5.41) is -1.20. The number of nitrogens with two attached hydrogens (primary N) is 1. The maximum absolute atomic E-state index is 12.6. The van der Waals surface area contributed by atoms with Crippen LogP contribution in [0, 0.1) is 0 Å². The number of thioether (sulfide) groups is 1. The molecule has 1 aromatic heterocycles. The van der Waals surface area contributed by atoms with Gasteiger partial charge < -0.3 is 5.73 Å². The Balaban J connectivity index is 2.40. The van der Waals surface area contributed by atoms with Crippen molar-refractivity contribution in [3.05, 3.63) is 23.9 Å². The largest absolute Gasteiger partial charge is 0.326 e. The van der Waals surface area contributed by atoms with Crippen LogP contribution >= 0.6 is 11.8 Å². The van der Waals surface area contributed by atoms with Gasteiger partial charge in [0, 0.05) is 37.0 Å². The summed E-state index contributed by atoms with van der Waals surface area (Å²) in [7, 11) is -7.43. The van der Waals surface area contributed by atoms with Crippen LogP contribution in [0.15, 0.2) is 23.4 Å². The van der Waals surface area contributed by atoms with Crippen LogP contribution < -0.4 is 5.73 Å². The Labute approximate surface area is 128 Å². The SMILES string of the molecule is CS(=O)(=O)C1CSCCN1S(=O)(=O)c1ccc(CN)cn1. The second kappa shape index (κ2) is 6.21. The summed E-state index contributed by atoms with van der Waals surface area (Å²) in [6, 6.07) is 2.94. The van der Waals surface area contributed by atoms with E-state index in [9.17, 15) is 16.8 Å². The summed E-state index contributed by atoms with van der Waals surface area (Å²) in [4.78, 5) is 3.90. The van der Waals surface area contributed by atoms with E-state index >= 15 is 0 Å². The minimum Gasteiger partial charge on any atom is -0.326 e. The second-order valence-corrected chi connectivity index (χ2v) is 9.87. The molecule has 1 aliphatic heterocycles. The first-order valence-corrected chi connectivity index (χ1v) is 10.7. The predicted octanol–water partition coefficient (Wildman–Crippen LogP) is -0.351. The molecule has 1 aromatic rings. The maximum Gasteiger partial charge on any atom is 0.261 e. The van der Waals surface area contributed by atoms with E-state index < -0.39 is 25.2 Å². The Morgan fingerprint density at radius 1 is 1.38 bits per heavy atom. The van der Waals surface area contributed by atoms with Gasteiger partial charge in [-0.1, -0.05) is 6.07 Å². The molecular weight excluding hydrogens is 334 g/mol. The van der Waals surface area contributed by atoms with Gasteiger partial charge in [-0.2, -0.15) is 16.1 Å². The van der Waals surface area contributed by atoms with E-state index in [4.69, 9.17) is 5.73 Å². The van der Waals surface area contributed by atoms with Crippen LogP contribution in [0.4, 0.5) is 0 Å². The molecule has 0 radical (unpaired) electrons. The highest BCUT2D eigenvalue weighted by atomic mass is 32.2. The predicted molar refractivity (Wildman–Crippen MR) is 82.0 cm³/mol. The first kappa shape index (κ1) is 16.7. The molecule has 0 amide bonds. The molecule has 21 heavy (non-hydrogen) atoms. The normalized spacial score (nSPS) is 21.3. The number of pyridine rings is 1. The third-order valence-electron chi connectivity index (χ3n) is 3.14. The highest BCUT2D eigenvalue weighted by molar-refractivity contribution is 8.01. The van der Waals surface area contributed by atoms with Crippen molar-refractivity contribution in [2.45, 2.75) is 16.9 Å². The standard InChI is InChI=1S/C11H17N3O4S3/c1-20(15,16)11-8-19-5-4-14(11)21(17,18)10-3-2-9(6-12)7-13-10/h2-3,7,11H,4-6,8,12H2,1H3. The zero-order valence-corrected chi connectivity index (χ0v) is 13.9. The molecule has 1 atom stereocenters. The van der Waals surface area contributed by atoms with E-state index in [0.29, 0.717) is 11.3 Å². The van der Waals surface area contributed by atoms with E-state index in [1.807, 2.05) is 0 Å². The summed E-state index contributed by atoms with van der Waals surface area (Å²) in [5.41, 5.74) is 6.16. The number of sulfonamides is 1.